The summed E-state index contributed by atoms with van der Waals surface area (Å²) in [5.41, 5.74) is 5.08. The number of halogens is 1. The van der Waals surface area contributed by atoms with E-state index in [0.29, 0.717) is 0 Å². The van der Waals surface area contributed by atoms with Gasteiger partial charge in [-0.2, -0.15) is 0 Å². The fourth-order valence-corrected chi connectivity index (χ4v) is 1.86. The number of amides is 3. The van der Waals surface area contributed by atoms with Gasteiger partial charge in [-0.25, -0.2) is 0 Å². The first-order chi connectivity index (χ1) is 12.1. The van der Waals surface area contributed by atoms with Crippen LogP contribution >= 0.6 is 11.6 Å². The molecule has 0 aliphatic rings. The third-order valence-electron chi connectivity index (χ3n) is 2.72. The zero-order valence-corrected chi connectivity index (χ0v) is 14.6. The van der Waals surface area contributed by atoms with Crippen molar-refractivity contribution in [3.05, 3.63) is 22.7 Å². The minimum atomic E-state index is -0.840. The van der Waals surface area contributed by atoms with Gasteiger partial charge < -0.3 is 25.8 Å². The zero-order chi connectivity index (χ0) is 19.9. The van der Waals surface area contributed by atoms with Gasteiger partial charge in [0.05, 0.1) is 16.4 Å². The molecule has 1 aromatic rings. The van der Waals surface area contributed by atoms with Gasteiger partial charge in [0.1, 0.15) is 0 Å². The standard InChI is InChI=1S/C15H16ClN3O7/c1-7(20)25-5-12(22)18-10-3-9(15(17)24)4-11(14(10)16)19-13(23)6-26-8(2)21/h3-4H,5-6H2,1-2H3,(H2,17,24)(H,18,22)(H,19,23). The highest BCUT2D eigenvalue weighted by Gasteiger charge is 2.17. The highest BCUT2D eigenvalue weighted by Crippen LogP contribution is 2.32. The number of nitrogens with two attached hydrogens (primary N) is 1. The summed E-state index contributed by atoms with van der Waals surface area (Å²) in [6, 6.07) is 2.39. The molecule has 0 unspecified atom stereocenters. The van der Waals surface area contributed by atoms with Crippen LogP contribution in [0.5, 0.6) is 0 Å². The molecule has 0 spiro atoms. The normalized spacial score (nSPS) is 9.81. The average molecular weight is 386 g/mol. The second kappa shape index (κ2) is 9.37. The lowest BCUT2D eigenvalue weighted by Crippen LogP contribution is -2.23. The summed E-state index contributed by atoms with van der Waals surface area (Å²) in [4.78, 5) is 56.4. The Morgan fingerprint density at radius 1 is 0.923 bits per heavy atom. The van der Waals surface area contributed by atoms with E-state index in [-0.39, 0.29) is 22.0 Å². The van der Waals surface area contributed by atoms with E-state index in [4.69, 9.17) is 17.3 Å². The zero-order valence-electron chi connectivity index (χ0n) is 13.9. The maximum Gasteiger partial charge on any atom is 0.303 e. The third-order valence-corrected chi connectivity index (χ3v) is 3.13. The number of esters is 2. The van der Waals surface area contributed by atoms with Gasteiger partial charge in [-0.05, 0) is 12.1 Å². The number of anilines is 2. The highest BCUT2D eigenvalue weighted by atomic mass is 35.5. The Labute approximate surface area is 152 Å². The second-order valence-corrected chi connectivity index (χ2v) is 5.28. The Bertz CT molecular complexity index is 711. The van der Waals surface area contributed by atoms with Crippen molar-refractivity contribution < 1.29 is 33.4 Å². The summed E-state index contributed by atoms with van der Waals surface area (Å²) in [5, 5.41) is 4.56. The van der Waals surface area contributed by atoms with E-state index in [2.05, 4.69) is 20.1 Å². The Balaban J connectivity index is 3.03. The molecular formula is C15H16ClN3O7. The third kappa shape index (κ3) is 6.77. The molecule has 3 amide bonds. The van der Waals surface area contributed by atoms with Gasteiger partial charge in [0, 0.05) is 19.4 Å². The van der Waals surface area contributed by atoms with Crippen LogP contribution in [0.15, 0.2) is 12.1 Å². The monoisotopic (exact) mass is 385 g/mol. The molecule has 0 heterocycles. The summed E-state index contributed by atoms with van der Waals surface area (Å²) in [5.74, 6) is -3.60. The van der Waals surface area contributed by atoms with E-state index in [1.54, 1.807) is 0 Å². The van der Waals surface area contributed by atoms with Crippen LogP contribution < -0.4 is 16.4 Å². The summed E-state index contributed by atoms with van der Waals surface area (Å²) in [6.07, 6.45) is 0. The van der Waals surface area contributed by atoms with Crippen molar-refractivity contribution in [3.63, 3.8) is 0 Å². The maximum absolute atomic E-state index is 11.8. The molecule has 4 N–H and O–H groups in total. The van der Waals surface area contributed by atoms with Crippen LogP contribution in [-0.4, -0.2) is 42.9 Å². The molecule has 0 bridgehead atoms. The van der Waals surface area contributed by atoms with Crippen molar-refractivity contribution in [1.82, 2.24) is 0 Å². The fourth-order valence-electron chi connectivity index (χ4n) is 1.66. The number of hydrogen-bond donors (Lipinski definition) is 3. The number of ether oxygens (including phenoxy) is 2. The van der Waals surface area contributed by atoms with Crippen LogP contribution in [0.4, 0.5) is 11.4 Å². The largest absolute Gasteiger partial charge is 0.456 e. The lowest BCUT2D eigenvalue weighted by Gasteiger charge is -2.14. The van der Waals surface area contributed by atoms with Gasteiger partial charge in [-0.3, -0.25) is 24.0 Å². The predicted octanol–water partition coefficient (Wildman–Crippen LogP) is 0.442. The molecule has 1 rings (SSSR count). The smallest absolute Gasteiger partial charge is 0.303 e. The van der Waals surface area contributed by atoms with Gasteiger partial charge in [-0.1, -0.05) is 11.6 Å². The van der Waals surface area contributed by atoms with Gasteiger partial charge in [0.15, 0.2) is 13.2 Å². The molecule has 0 aromatic heterocycles. The average Bonchev–Trinajstić information content (AvgIpc) is 2.54. The Morgan fingerprint density at radius 2 is 1.31 bits per heavy atom. The van der Waals surface area contributed by atoms with E-state index in [0.717, 1.165) is 13.8 Å². The molecule has 0 saturated heterocycles. The van der Waals surface area contributed by atoms with Crippen molar-refractivity contribution in [2.24, 2.45) is 5.73 Å². The van der Waals surface area contributed by atoms with Crippen LogP contribution in [0.25, 0.3) is 0 Å². The number of carbonyl (C=O) groups excluding carboxylic acids is 5. The number of hydrogen-bond acceptors (Lipinski definition) is 7. The van der Waals surface area contributed by atoms with Gasteiger partial charge in [-0.15, -0.1) is 0 Å². The van der Waals surface area contributed by atoms with Crippen molar-refractivity contribution in [1.29, 1.82) is 0 Å². The summed E-state index contributed by atoms with van der Waals surface area (Å²) in [7, 11) is 0. The Hall–Kier alpha value is -3.14. The highest BCUT2D eigenvalue weighted by molar-refractivity contribution is 6.37. The molecule has 1 aromatic carbocycles. The topological polar surface area (TPSA) is 154 Å². The van der Waals surface area contributed by atoms with E-state index in [1.807, 2.05) is 0 Å². The first kappa shape index (κ1) is 20.9. The van der Waals surface area contributed by atoms with Gasteiger partial charge in [0.2, 0.25) is 5.91 Å². The number of benzene rings is 1. The minimum absolute atomic E-state index is 0.0390. The first-order valence-electron chi connectivity index (χ1n) is 7.10. The lowest BCUT2D eigenvalue weighted by atomic mass is 10.1. The molecule has 10 nitrogen and oxygen atoms in total. The molecule has 11 heteroatoms. The molecular weight excluding hydrogens is 370 g/mol. The van der Waals surface area contributed by atoms with Crippen molar-refractivity contribution in [2.45, 2.75) is 13.8 Å². The number of nitrogens with one attached hydrogen (secondary N) is 2. The van der Waals surface area contributed by atoms with Crippen molar-refractivity contribution >= 4 is 52.6 Å². The molecule has 0 saturated carbocycles. The molecule has 140 valence electrons. The van der Waals surface area contributed by atoms with E-state index < -0.39 is 42.9 Å². The van der Waals surface area contributed by atoms with Gasteiger partial charge >= 0.3 is 11.9 Å². The molecule has 0 atom stereocenters. The summed E-state index contributed by atoms with van der Waals surface area (Å²) < 4.78 is 9.08. The molecule has 0 aliphatic heterocycles. The molecule has 0 aliphatic carbocycles. The number of rotatable bonds is 7. The van der Waals surface area contributed by atoms with Crippen LogP contribution in [0, 0.1) is 0 Å². The van der Waals surface area contributed by atoms with Crippen molar-refractivity contribution in [3.8, 4) is 0 Å². The second-order valence-electron chi connectivity index (χ2n) is 4.91. The van der Waals surface area contributed by atoms with E-state index in [1.165, 1.54) is 12.1 Å². The summed E-state index contributed by atoms with van der Waals surface area (Å²) >= 11 is 6.10. The maximum atomic E-state index is 11.8. The fraction of sp³-hybridized carbons (Fsp3) is 0.267. The van der Waals surface area contributed by atoms with E-state index >= 15 is 0 Å². The van der Waals surface area contributed by atoms with Gasteiger partial charge in [0.25, 0.3) is 11.8 Å². The van der Waals surface area contributed by atoms with Crippen molar-refractivity contribution in [2.75, 3.05) is 23.8 Å². The number of carbonyl (C=O) groups is 5. The van der Waals surface area contributed by atoms with E-state index in [9.17, 15) is 24.0 Å². The Morgan fingerprint density at radius 3 is 1.62 bits per heavy atom. The Kier molecular flexibility index (Phi) is 7.53. The molecule has 0 radical (unpaired) electrons. The van der Waals surface area contributed by atoms with Crippen LogP contribution in [0.2, 0.25) is 5.02 Å². The summed E-state index contributed by atoms with van der Waals surface area (Å²) in [6.45, 7) is 1.12. The van der Waals surface area contributed by atoms with Crippen LogP contribution in [0.1, 0.15) is 24.2 Å². The molecule has 0 fully saturated rings. The van der Waals surface area contributed by atoms with Crippen LogP contribution in [0.3, 0.4) is 0 Å². The molecule has 26 heavy (non-hydrogen) atoms. The number of primary amides is 1. The van der Waals surface area contributed by atoms with Crippen LogP contribution in [-0.2, 0) is 28.7 Å². The lowest BCUT2D eigenvalue weighted by molar-refractivity contribution is -0.145. The minimum Gasteiger partial charge on any atom is -0.456 e. The quantitative estimate of drug-likeness (QED) is 0.575. The predicted molar refractivity (Wildman–Crippen MR) is 90.5 cm³/mol. The SMILES string of the molecule is CC(=O)OCC(=O)Nc1cc(C(N)=O)cc(NC(=O)COC(C)=O)c1Cl. The first-order valence-corrected chi connectivity index (χ1v) is 7.47.